The van der Waals surface area contributed by atoms with E-state index in [1.54, 1.807) is 0 Å². The van der Waals surface area contributed by atoms with Gasteiger partial charge in [-0.3, -0.25) is 5.01 Å². The van der Waals surface area contributed by atoms with Gasteiger partial charge in [-0.05, 0) is 44.5 Å². The zero-order valence-electron chi connectivity index (χ0n) is 16.0. The molecular weight excluding hydrogens is 402 g/mol. The molecule has 0 fully saturated rings. The summed E-state index contributed by atoms with van der Waals surface area (Å²) in [6.07, 6.45) is 11.6. The fourth-order valence-electron chi connectivity index (χ4n) is 2.72. The third-order valence-corrected chi connectivity index (χ3v) is 4.26. The monoisotopic (exact) mass is 433 g/mol. The second-order valence-electron chi connectivity index (χ2n) is 6.42. The number of para-hydroxylation sites is 1. The Morgan fingerprint density at radius 3 is 2.19 bits per heavy atom. The lowest BCUT2D eigenvalue weighted by molar-refractivity contribution is -0.697. The van der Waals surface area contributed by atoms with Gasteiger partial charge in [-0.15, -0.1) is 0 Å². The molecule has 148 valence electrons. The molecule has 0 saturated heterocycles. The molecule has 0 unspecified atom stereocenters. The number of nitrogens with zero attached hydrogens (tertiary/aromatic N) is 3. The highest BCUT2D eigenvalue weighted by molar-refractivity contribution is 5.79. The van der Waals surface area contributed by atoms with Crippen LogP contribution in [0.25, 0.3) is 0 Å². The molecule has 27 heavy (non-hydrogen) atoms. The lowest BCUT2D eigenvalue weighted by atomic mass is 10.2. The van der Waals surface area contributed by atoms with Crippen LogP contribution in [0.2, 0.25) is 0 Å². The summed E-state index contributed by atoms with van der Waals surface area (Å²) in [5.74, 6) is 0. The first-order valence-electron chi connectivity index (χ1n) is 9.59. The van der Waals surface area contributed by atoms with E-state index in [1.807, 2.05) is 24.4 Å². The number of hydrogen-bond acceptors (Lipinski definition) is 4. The van der Waals surface area contributed by atoms with Crippen molar-refractivity contribution < 1.29 is 21.5 Å². The number of aromatic nitrogens is 1. The minimum Gasteiger partial charge on any atom is -1.00 e. The van der Waals surface area contributed by atoms with Gasteiger partial charge >= 0.3 is 0 Å². The lowest BCUT2D eigenvalue weighted by Crippen LogP contribution is -3.00. The van der Waals surface area contributed by atoms with Crippen LogP contribution in [0, 0.1) is 0 Å². The average molecular weight is 434 g/mol. The molecule has 1 aromatic carbocycles. The molecule has 0 bridgehead atoms. The number of halogens is 1. The van der Waals surface area contributed by atoms with Crippen LogP contribution in [0.3, 0.4) is 0 Å². The zero-order valence-corrected chi connectivity index (χ0v) is 17.6. The van der Waals surface area contributed by atoms with E-state index >= 15 is 0 Å². The summed E-state index contributed by atoms with van der Waals surface area (Å²) in [4.78, 5) is 0. The molecule has 0 spiro atoms. The Kier molecular flexibility index (Phi) is 12.3. The number of unbranched alkanes of at least 4 members (excludes halogenated alkanes) is 3. The molecule has 0 saturated carbocycles. The van der Waals surface area contributed by atoms with Crippen LogP contribution >= 0.6 is 0 Å². The molecule has 0 amide bonds. The van der Waals surface area contributed by atoms with E-state index in [2.05, 4.69) is 46.2 Å². The quantitative estimate of drug-likeness (QED) is 0.208. The van der Waals surface area contributed by atoms with E-state index in [0.29, 0.717) is 0 Å². The Morgan fingerprint density at radius 1 is 0.852 bits per heavy atom. The third-order valence-electron chi connectivity index (χ3n) is 4.26. The van der Waals surface area contributed by atoms with E-state index in [0.717, 1.165) is 69.5 Å². The topological polar surface area (TPSA) is 71.5 Å². The highest BCUT2D eigenvalue weighted by Gasteiger charge is 2.04. The van der Waals surface area contributed by atoms with E-state index < -0.39 is 0 Å². The number of nitrogens with two attached hydrogens (primary N) is 2. The minimum atomic E-state index is 0. The number of hydrazone groups is 1. The Balaban J connectivity index is 0.00000364. The van der Waals surface area contributed by atoms with Crippen LogP contribution < -0.4 is 38.0 Å². The number of anilines is 1. The molecule has 1 heterocycles. The second kappa shape index (κ2) is 14.3. The molecule has 4 N–H and O–H groups in total. The van der Waals surface area contributed by atoms with Gasteiger partial charge in [0.25, 0.3) is 0 Å². The molecule has 2 rings (SSSR count). The van der Waals surface area contributed by atoms with E-state index in [-0.39, 0.29) is 17.0 Å². The molecule has 2 aromatic rings. The molecular formula is C21H32BrN5. The van der Waals surface area contributed by atoms with Crippen LogP contribution in [0.15, 0.2) is 60.0 Å². The zero-order chi connectivity index (χ0) is 18.5. The molecule has 0 radical (unpaired) electrons. The van der Waals surface area contributed by atoms with Gasteiger partial charge in [0.15, 0.2) is 12.4 Å². The van der Waals surface area contributed by atoms with Crippen molar-refractivity contribution in [3.63, 3.8) is 0 Å². The van der Waals surface area contributed by atoms with Crippen molar-refractivity contribution in [2.45, 2.75) is 38.6 Å². The van der Waals surface area contributed by atoms with Crippen LogP contribution in [0.4, 0.5) is 5.69 Å². The van der Waals surface area contributed by atoms with Gasteiger partial charge in [-0.1, -0.05) is 24.6 Å². The number of hydrogen-bond donors (Lipinski definition) is 2. The molecule has 0 aliphatic rings. The summed E-state index contributed by atoms with van der Waals surface area (Å²) in [6.45, 7) is 3.41. The van der Waals surface area contributed by atoms with E-state index in [1.165, 1.54) is 0 Å². The van der Waals surface area contributed by atoms with E-state index in [4.69, 9.17) is 16.6 Å². The first-order valence-corrected chi connectivity index (χ1v) is 9.59. The normalized spacial score (nSPS) is 10.7. The number of pyridine rings is 1. The maximum Gasteiger partial charge on any atom is 0.169 e. The van der Waals surface area contributed by atoms with Gasteiger partial charge in [0.2, 0.25) is 0 Å². The van der Waals surface area contributed by atoms with Gasteiger partial charge in [-0.2, -0.15) is 5.10 Å². The molecule has 0 aliphatic carbocycles. The predicted molar refractivity (Wildman–Crippen MR) is 109 cm³/mol. The fraction of sp³-hybridized carbons (Fsp3) is 0.429. The summed E-state index contributed by atoms with van der Waals surface area (Å²) in [5.41, 5.74) is 13.4. The lowest BCUT2D eigenvalue weighted by Gasteiger charge is -2.19. The smallest absolute Gasteiger partial charge is 0.169 e. The predicted octanol–water partition coefficient (Wildman–Crippen LogP) is -0.313. The van der Waals surface area contributed by atoms with Crippen molar-refractivity contribution in [3.8, 4) is 0 Å². The van der Waals surface area contributed by atoms with Crippen molar-refractivity contribution in [3.05, 3.63) is 60.4 Å². The van der Waals surface area contributed by atoms with Crippen LogP contribution in [-0.4, -0.2) is 25.8 Å². The first kappa shape index (κ1) is 23.3. The number of aryl methyl sites for hydroxylation is 1. The van der Waals surface area contributed by atoms with Gasteiger partial charge in [-0.25, -0.2) is 4.57 Å². The standard InChI is InChI=1S/C21H32N5.BrH/c22-13-5-2-7-16-26(21-9-3-1-4-10-21)24-19-20-11-17-25(18-12-20)15-8-6-14-23;/h1,3-4,9-12,17-19H,2,5-8,13-16,22-23H2;1H/q+1;/p-1. The van der Waals surface area contributed by atoms with E-state index in [9.17, 15) is 0 Å². The molecule has 0 atom stereocenters. The Bertz CT molecular complexity index is 631. The van der Waals surface area contributed by atoms with Gasteiger partial charge in [0, 0.05) is 30.7 Å². The van der Waals surface area contributed by atoms with Crippen molar-refractivity contribution in [2.75, 3.05) is 24.6 Å². The van der Waals surface area contributed by atoms with Crippen LogP contribution in [0.1, 0.15) is 37.7 Å². The maximum atomic E-state index is 5.59. The number of rotatable bonds is 12. The largest absolute Gasteiger partial charge is 1.00 e. The Hall–Kier alpha value is -1.76. The summed E-state index contributed by atoms with van der Waals surface area (Å²) in [7, 11) is 0. The summed E-state index contributed by atoms with van der Waals surface area (Å²) in [6, 6.07) is 14.5. The Morgan fingerprint density at radius 2 is 1.52 bits per heavy atom. The van der Waals surface area contributed by atoms with Crippen molar-refractivity contribution >= 4 is 11.9 Å². The SMILES string of the molecule is NCCCCCN(/N=C/c1cc[n+](CCCCN)cc1)c1ccccc1.[Br-]. The second-order valence-corrected chi connectivity index (χ2v) is 6.42. The van der Waals surface area contributed by atoms with Crippen LogP contribution in [0.5, 0.6) is 0 Å². The summed E-state index contributed by atoms with van der Waals surface area (Å²) < 4.78 is 2.19. The molecule has 0 aliphatic heterocycles. The highest BCUT2D eigenvalue weighted by atomic mass is 79.9. The highest BCUT2D eigenvalue weighted by Crippen LogP contribution is 2.15. The molecule has 5 nitrogen and oxygen atoms in total. The fourth-order valence-corrected chi connectivity index (χ4v) is 2.72. The average Bonchev–Trinajstić information content (AvgIpc) is 2.69. The Labute approximate surface area is 173 Å². The van der Waals surface area contributed by atoms with Crippen LogP contribution in [-0.2, 0) is 6.54 Å². The summed E-state index contributed by atoms with van der Waals surface area (Å²) >= 11 is 0. The van der Waals surface area contributed by atoms with Crippen molar-refractivity contribution in [2.24, 2.45) is 16.6 Å². The number of benzene rings is 1. The summed E-state index contributed by atoms with van der Waals surface area (Å²) in [5, 5.41) is 6.79. The maximum absolute atomic E-state index is 5.59. The molecule has 1 aromatic heterocycles. The van der Waals surface area contributed by atoms with Crippen molar-refractivity contribution in [1.82, 2.24) is 0 Å². The third kappa shape index (κ3) is 9.13. The van der Waals surface area contributed by atoms with Gasteiger partial charge in [0.1, 0.15) is 6.54 Å². The van der Waals surface area contributed by atoms with Gasteiger partial charge < -0.3 is 28.4 Å². The molecule has 6 heteroatoms. The van der Waals surface area contributed by atoms with Gasteiger partial charge in [0.05, 0.1) is 11.9 Å². The first-order chi connectivity index (χ1) is 12.8. The minimum absolute atomic E-state index is 0. The van der Waals surface area contributed by atoms with Crippen molar-refractivity contribution in [1.29, 1.82) is 0 Å².